The summed E-state index contributed by atoms with van der Waals surface area (Å²) in [5, 5.41) is 2.95. The van der Waals surface area contributed by atoms with Crippen molar-refractivity contribution in [1.29, 1.82) is 0 Å². The van der Waals surface area contributed by atoms with Gasteiger partial charge < -0.3 is 10.3 Å². The molecule has 1 saturated heterocycles. The fraction of sp³-hybridized carbons (Fsp3) is 0.417. The maximum absolute atomic E-state index is 13.4. The van der Waals surface area contributed by atoms with Crippen LogP contribution in [0, 0.1) is 0 Å². The second-order valence-corrected chi connectivity index (χ2v) is 8.72. The molecule has 1 unspecified atom stereocenters. The molecule has 0 spiro atoms. The van der Waals surface area contributed by atoms with E-state index in [2.05, 4.69) is 39.6 Å². The standard InChI is InChI=1S/C24H26F2N4O/c25-24(26)11-9-18(10-12-24)17-4-1-16(2-5-17)3-6-20-14-27-23(31)30(20)19-7-8-21-22(13-19)29-15-28-21/h1-2,4-5,7-8,13,15,18,20H,3,6,9-12,14H2,(H,27,31)(H,28,29). The van der Waals surface area contributed by atoms with Crippen molar-refractivity contribution >= 4 is 22.8 Å². The van der Waals surface area contributed by atoms with Crippen molar-refractivity contribution in [3.05, 3.63) is 59.9 Å². The Morgan fingerprint density at radius 1 is 1.10 bits per heavy atom. The summed E-state index contributed by atoms with van der Waals surface area (Å²) < 4.78 is 26.8. The number of hydrogen-bond acceptors (Lipinski definition) is 2. The Kier molecular flexibility index (Phi) is 5.12. The molecule has 31 heavy (non-hydrogen) atoms. The van der Waals surface area contributed by atoms with E-state index in [1.807, 2.05) is 23.1 Å². The van der Waals surface area contributed by atoms with Crippen molar-refractivity contribution < 1.29 is 13.6 Å². The van der Waals surface area contributed by atoms with Crippen LogP contribution in [-0.2, 0) is 6.42 Å². The molecule has 1 aliphatic heterocycles. The molecule has 3 aromatic rings. The molecule has 2 amide bonds. The summed E-state index contributed by atoms with van der Waals surface area (Å²) >= 11 is 0. The number of carbonyl (C=O) groups is 1. The Bertz CT molecular complexity index is 1070. The lowest BCUT2D eigenvalue weighted by molar-refractivity contribution is -0.0382. The van der Waals surface area contributed by atoms with Crippen LogP contribution in [0.25, 0.3) is 11.0 Å². The summed E-state index contributed by atoms with van der Waals surface area (Å²) in [7, 11) is 0. The average molecular weight is 424 g/mol. The number of nitrogens with zero attached hydrogens (tertiary/aromatic N) is 2. The summed E-state index contributed by atoms with van der Waals surface area (Å²) in [6.07, 6.45) is 4.43. The Morgan fingerprint density at radius 3 is 2.65 bits per heavy atom. The SMILES string of the molecule is O=C1NCC(CCc2ccc(C3CCC(F)(F)CC3)cc2)N1c1ccc2nc[nH]c2c1. The average Bonchev–Trinajstić information content (AvgIpc) is 3.38. The zero-order chi connectivity index (χ0) is 21.4. The van der Waals surface area contributed by atoms with Crippen molar-refractivity contribution in [2.24, 2.45) is 0 Å². The normalized spacial score (nSPS) is 21.5. The number of carbonyl (C=O) groups excluding carboxylic acids is 1. The number of fused-ring (bicyclic) bond motifs is 1. The van der Waals surface area contributed by atoms with Crippen LogP contribution >= 0.6 is 0 Å². The molecule has 2 aromatic carbocycles. The van der Waals surface area contributed by atoms with Gasteiger partial charge in [-0.3, -0.25) is 4.90 Å². The number of amides is 2. The largest absolute Gasteiger partial charge is 0.345 e. The smallest absolute Gasteiger partial charge is 0.322 e. The third-order valence-corrected chi connectivity index (χ3v) is 6.69. The van der Waals surface area contributed by atoms with Crippen LogP contribution in [0.5, 0.6) is 0 Å². The number of alkyl halides is 2. The van der Waals surface area contributed by atoms with Gasteiger partial charge in [0.1, 0.15) is 0 Å². The first-order valence-corrected chi connectivity index (χ1v) is 11.0. The van der Waals surface area contributed by atoms with E-state index in [0.29, 0.717) is 19.4 Å². The van der Waals surface area contributed by atoms with Crippen molar-refractivity contribution in [1.82, 2.24) is 15.3 Å². The van der Waals surface area contributed by atoms with Crippen LogP contribution < -0.4 is 10.2 Å². The van der Waals surface area contributed by atoms with Gasteiger partial charge in [-0.1, -0.05) is 24.3 Å². The van der Waals surface area contributed by atoms with Crippen molar-refractivity contribution in [3.63, 3.8) is 0 Å². The molecule has 2 N–H and O–H groups in total. The molecule has 2 aliphatic rings. The van der Waals surface area contributed by atoms with Gasteiger partial charge in [-0.2, -0.15) is 0 Å². The molecule has 2 heterocycles. The molecular formula is C24H26F2N4O. The van der Waals surface area contributed by atoms with Crippen molar-refractivity contribution in [2.45, 2.75) is 56.4 Å². The number of imidazole rings is 1. The molecule has 2 fully saturated rings. The molecule has 1 aliphatic carbocycles. The molecular weight excluding hydrogens is 398 g/mol. The molecule has 0 bridgehead atoms. The van der Waals surface area contributed by atoms with E-state index in [-0.39, 0.29) is 30.8 Å². The Morgan fingerprint density at radius 2 is 1.87 bits per heavy atom. The maximum Gasteiger partial charge on any atom is 0.322 e. The highest BCUT2D eigenvalue weighted by Crippen LogP contribution is 2.40. The van der Waals surface area contributed by atoms with E-state index in [1.165, 1.54) is 5.56 Å². The number of anilines is 1. The maximum atomic E-state index is 13.4. The Hall–Kier alpha value is -2.96. The summed E-state index contributed by atoms with van der Waals surface area (Å²) in [6, 6.07) is 14.2. The minimum atomic E-state index is -2.49. The minimum absolute atomic E-state index is 0.0116. The number of rotatable bonds is 5. The number of nitrogens with one attached hydrogen (secondary N) is 2. The Balaban J connectivity index is 1.23. The van der Waals surface area contributed by atoms with E-state index >= 15 is 0 Å². The van der Waals surface area contributed by atoms with Crippen LogP contribution in [-0.4, -0.2) is 34.5 Å². The molecule has 7 heteroatoms. The molecule has 1 saturated carbocycles. The molecule has 1 aromatic heterocycles. The summed E-state index contributed by atoms with van der Waals surface area (Å²) in [5.74, 6) is -2.25. The van der Waals surface area contributed by atoms with E-state index < -0.39 is 5.92 Å². The first-order chi connectivity index (χ1) is 15.0. The van der Waals surface area contributed by atoms with Gasteiger partial charge in [0.25, 0.3) is 0 Å². The van der Waals surface area contributed by atoms with Gasteiger partial charge in [0, 0.05) is 25.1 Å². The monoisotopic (exact) mass is 424 g/mol. The molecule has 162 valence electrons. The Labute approximate surface area is 179 Å². The van der Waals surface area contributed by atoms with E-state index in [9.17, 15) is 13.6 Å². The zero-order valence-corrected chi connectivity index (χ0v) is 17.3. The van der Waals surface area contributed by atoms with E-state index in [4.69, 9.17) is 0 Å². The highest BCUT2D eigenvalue weighted by atomic mass is 19.3. The van der Waals surface area contributed by atoms with Gasteiger partial charge >= 0.3 is 6.03 Å². The highest BCUT2D eigenvalue weighted by Gasteiger charge is 2.35. The number of aromatic amines is 1. The fourth-order valence-corrected chi connectivity index (χ4v) is 4.84. The number of hydrogen-bond donors (Lipinski definition) is 2. The van der Waals surface area contributed by atoms with E-state index in [1.54, 1.807) is 6.33 Å². The molecule has 5 rings (SSSR count). The second kappa shape index (κ2) is 7.94. The summed E-state index contributed by atoms with van der Waals surface area (Å²) in [4.78, 5) is 21.6. The number of halogens is 2. The lowest BCUT2D eigenvalue weighted by atomic mass is 9.82. The molecule has 0 radical (unpaired) electrons. The quantitative estimate of drug-likeness (QED) is 0.577. The first-order valence-electron chi connectivity index (χ1n) is 11.0. The predicted molar refractivity (Wildman–Crippen MR) is 117 cm³/mol. The molecule has 1 atom stereocenters. The topological polar surface area (TPSA) is 61.0 Å². The summed E-state index contributed by atoms with van der Waals surface area (Å²) in [6.45, 7) is 0.619. The van der Waals surface area contributed by atoms with Crippen LogP contribution in [0.1, 0.15) is 49.1 Å². The van der Waals surface area contributed by atoms with Crippen LogP contribution in [0.3, 0.4) is 0 Å². The third-order valence-electron chi connectivity index (χ3n) is 6.69. The van der Waals surface area contributed by atoms with Gasteiger partial charge in [0.2, 0.25) is 5.92 Å². The van der Waals surface area contributed by atoms with Gasteiger partial charge in [-0.15, -0.1) is 0 Å². The second-order valence-electron chi connectivity index (χ2n) is 8.72. The minimum Gasteiger partial charge on any atom is -0.345 e. The van der Waals surface area contributed by atoms with Crippen LogP contribution in [0.15, 0.2) is 48.8 Å². The van der Waals surface area contributed by atoms with Gasteiger partial charge in [0.05, 0.1) is 23.4 Å². The fourth-order valence-electron chi connectivity index (χ4n) is 4.84. The predicted octanol–water partition coefficient (Wildman–Crippen LogP) is 5.39. The first kappa shape index (κ1) is 20.0. The highest BCUT2D eigenvalue weighted by molar-refractivity contribution is 5.96. The van der Waals surface area contributed by atoms with Gasteiger partial charge in [-0.05, 0) is 60.9 Å². The number of H-pyrrole nitrogens is 1. The van der Waals surface area contributed by atoms with Crippen LogP contribution in [0.2, 0.25) is 0 Å². The van der Waals surface area contributed by atoms with Crippen molar-refractivity contribution in [2.75, 3.05) is 11.4 Å². The van der Waals surface area contributed by atoms with Crippen LogP contribution in [0.4, 0.5) is 19.3 Å². The lowest BCUT2D eigenvalue weighted by Crippen LogP contribution is -2.34. The number of aromatic nitrogens is 2. The lowest BCUT2D eigenvalue weighted by Gasteiger charge is -2.28. The third kappa shape index (κ3) is 4.13. The number of aryl methyl sites for hydroxylation is 1. The van der Waals surface area contributed by atoms with Crippen molar-refractivity contribution in [3.8, 4) is 0 Å². The van der Waals surface area contributed by atoms with Gasteiger partial charge in [-0.25, -0.2) is 18.6 Å². The van der Waals surface area contributed by atoms with Gasteiger partial charge in [0.15, 0.2) is 0 Å². The number of benzene rings is 2. The van der Waals surface area contributed by atoms with E-state index in [0.717, 1.165) is 35.1 Å². The number of urea groups is 1. The molecule has 5 nitrogen and oxygen atoms in total. The summed E-state index contributed by atoms with van der Waals surface area (Å²) in [5.41, 5.74) is 5.01. The zero-order valence-electron chi connectivity index (χ0n) is 17.3.